The second-order valence-corrected chi connectivity index (χ2v) is 6.25. The van der Waals surface area contributed by atoms with E-state index in [2.05, 4.69) is 21.7 Å². The Bertz CT molecular complexity index is 841. The van der Waals surface area contributed by atoms with E-state index in [1.165, 1.54) is 5.69 Å². The molecule has 1 saturated heterocycles. The predicted octanol–water partition coefficient (Wildman–Crippen LogP) is 1.04. The molecule has 7 nitrogen and oxygen atoms in total. The molecule has 0 radical (unpaired) electrons. The zero-order chi connectivity index (χ0) is 16.7. The highest BCUT2D eigenvalue weighted by Gasteiger charge is 2.32. The van der Waals surface area contributed by atoms with Crippen molar-refractivity contribution in [2.24, 2.45) is 0 Å². The Labute approximate surface area is 138 Å². The van der Waals surface area contributed by atoms with Gasteiger partial charge in [-0.15, -0.1) is 0 Å². The Hall–Kier alpha value is -2.83. The normalized spacial score (nSPS) is 21.0. The number of amides is 4. The summed E-state index contributed by atoms with van der Waals surface area (Å²) in [6, 6.07) is 6.80. The van der Waals surface area contributed by atoms with Gasteiger partial charge in [0.25, 0.3) is 0 Å². The number of nitrogens with one attached hydrogen (secondary N) is 3. The number of nitrogens with zero attached hydrogens (tertiary/aromatic N) is 1. The Morgan fingerprint density at radius 1 is 1.17 bits per heavy atom. The third-order valence-corrected chi connectivity index (χ3v) is 4.71. The molecule has 1 aromatic carbocycles. The number of fused-ring (bicyclic) bond motifs is 3. The van der Waals surface area contributed by atoms with Crippen LogP contribution < -0.4 is 10.6 Å². The topological polar surface area (TPSA) is 94.3 Å². The van der Waals surface area contributed by atoms with Crippen LogP contribution >= 0.6 is 0 Å². The van der Waals surface area contributed by atoms with Crippen LogP contribution in [-0.2, 0) is 22.6 Å². The number of imide groups is 1. The minimum Gasteiger partial charge on any atom is -0.358 e. The van der Waals surface area contributed by atoms with Crippen molar-refractivity contribution in [3.8, 4) is 0 Å². The van der Waals surface area contributed by atoms with Crippen molar-refractivity contribution in [2.45, 2.75) is 31.8 Å². The Morgan fingerprint density at radius 3 is 2.88 bits per heavy atom. The van der Waals surface area contributed by atoms with Gasteiger partial charge < -0.3 is 15.2 Å². The van der Waals surface area contributed by atoms with Crippen LogP contribution in [0, 0.1) is 0 Å². The second kappa shape index (κ2) is 5.67. The number of hydrogen-bond donors (Lipinski definition) is 3. The summed E-state index contributed by atoms with van der Waals surface area (Å²) >= 11 is 0. The van der Waals surface area contributed by atoms with Gasteiger partial charge in [0.05, 0.1) is 0 Å². The quantitative estimate of drug-likeness (QED) is 0.731. The van der Waals surface area contributed by atoms with Gasteiger partial charge in [-0.25, -0.2) is 4.79 Å². The maximum atomic E-state index is 12.8. The molecular weight excluding hydrogens is 308 g/mol. The van der Waals surface area contributed by atoms with E-state index in [1.807, 2.05) is 18.2 Å². The molecule has 1 fully saturated rings. The monoisotopic (exact) mass is 326 g/mol. The van der Waals surface area contributed by atoms with Crippen LogP contribution in [0.2, 0.25) is 0 Å². The van der Waals surface area contributed by atoms with Gasteiger partial charge in [-0.3, -0.25) is 14.9 Å². The summed E-state index contributed by atoms with van der Waals surface area (Å²) in [7, 11) is 0. The minimum atomic E-state index is -0.650. The molecule has 3 N–H and O–H groups in total. The molecule has 3 heterocycles. The molecule has 0 unspecified atom stereocenters. The molecule has 24 heavy (non-hydrogen) atoms. The van der Waals surface area contributed by atoms with E-state index >= 15 is 0 Å². The van der Waals surface area contributed by atoms with Crippen LogP contribution in [0.15, 0.2) is 24.3 Å². The number of rotatable bonds is 1. The van der Waals surface area contributed by atoms with E-state index < -0.39 is 12.1 Å². The molecule has 4 rings (SSSR count). The molecule has 0 spiro atoms. The average Bonchev–Trinajstić information content (AvgIpc) is 2.86. The molecule has 2 aliphatic heterocycles. The zero-order valence-corrected chi connectivity index (χ0v) is 13.1. The molecule has 1 aromatic heterocycles. The summed E-state index contributed by atoms with van der Waals surface area (Å²) in [6.07, 6.45) is 1.25. The summed E-state index contributed by atoms with van der Waals surface area (Å²) in [5.74, 6) is -0.476. The minimum absolute atomic E-state index is 0.129. The highest BCUT2D eigenvalue weighted by Crippen LogP contribution is 2.28. The summed E-state index contributed by atoms with van der Waals surface area (Å²) in [4.78, 5) is 41.0. The molecular formula is C17H18N4O3. The average molecular weight is 326 g/mol. The van der Waals surface area contributed by atoms with E-state index in [1.54, 1.807) is 4.90 Å². The van der Waals surface area contributed by atoms with Crippen LogP contribution in [0.5, 0.6) is 0 Å². The van der Waals surface area contributed by atoms with Gasteiger partial charge in [-0.1, -0.05) is 18.2 Å². The molecule has 0 aliphatic carbocycles. The molecule has 124 valence electrons. The fourth-order valence-electron chi connectivity index (χ4n) is 3.49. The Balaban J connectivity index is 1.56. The van der Waals surface area contributed by atoms with Crippen LogP contribution in [0.4, 0.5) is 4.79 Å². The first kappa shape index (κ1) is 14.7. The van der Waals surface area contributed by atoms with Gasteiger partial charge in [0.15, 0.2) is 0 Å². The van der Waals surface area contributed by atoms with Gasteiger partial charge in [-0.2, -0.15) is 0 Å². The first-order valence-corrected chi connectivity index (χ1v) is 8.09. The number of carbonyl (C=O) groups excluding carboxylic acids is 3. The van der Waals surface area contributed by atoms with Crippen molar-refractivity contribution in [1.82, 2.24) is 20.5 Å². The van der Waals surface area contributed by atoms with Gasteiger partial charge >= 0.3 is 6.03 Å². The van der Waals surface area contributed by atoms with E-state index in [4.69, 9.17) is 0 Å². The van der Waals surface area contributed by atoms with Gasteiger partial charge in [-0.05, 0) is 12.5 Å². The lowest BCUT2D eigenvalue weighted by atomic mass is 10.0. The highest BCUT2D eigenvalue weighted by molar-refractivity contribution is 5.98. The van der Waals surface area contributed by atoms with Crippen molar-refractivity contribution >= 4 is 28.7 Å². The van der Waals surface area contributed by atoms with Crippen LogP contribution in [0.3, 0.4) is 0 Å². The van der Waals surface area contributed by atoms with Crippen molar-refractivity contribution in [3.05, 3.63) is 35.5 Å². The molecule has 2 aromatic rings. The van der Waals surface area contributed by atoms with E-state index in [9.17, 15) is 14.4 Å². The third-order valence-electron chi connectivity index (χ3n) is 4.71. The van der Waals surface area contributed by atoms with Gasteiger partial charge in [0.2, 0.25) is 11.8 Å². The predicted molar refractivity (Wildman–Crippen MR) is 87.1 cm³/mol. The number of carbonyl (C=O) groups is 3. The number of para-hydroxylation sites is 1. The lowest BCUT2D eigenvalue weighted by Crippen LogP contribution is -2.50. The SMILES string of the molecule is O=C1CC[C@H](C(=O)N2CCc3[nH]c4ccccc4c3C2)NC(=O)N1. The smallest absolute Gasteiger partial charge is 0.322 e. The number of hydrogen-bond acceptors (Lipinski definition) is 3. The highest BCUT2D eigenvalue weighted by atomic mass is 16.2. The van der Waals surface area contributed by atoms with Crippen molar-refractivity contribution in [2.75, 3.05) is 6.54 Å². The maximum Gasteiger partial charge on any atom is 0.322 e. The summed E-state index contributed by atoms with van der Waals surface area (Å²) < 4.78 is 0. The maximum absolute atomic E-state index is 12.8. The van der Waals surface area contributed by atoms with Crippen LogP contribution in [0.1, 0.15) is 24.1 Å². The standard InChI is InChI=1S/C17H18N4O3/c22-15-6-5-14(19-17(24)20-15)16(23)21-8-7-13-11(9-21)10-3-1-2-4-12(10)18-13/h1-4,14,18H,5-9H2,(H2,19,20,22,24)/t14-/m1/s1. The van der Waals surface area contributed by atoms with Crippen LogP contribution in [0.25, 0.3) is 10.9 Å². The number of urea groups is 1. The largest absolute Gasteiger partial charge is 0.358 e. The first-order chi connectivity index (χ1) is 11.6. The molecule has 7 heteroatoms. The van der Waals surface area contributed by atoms with Crippen molar-refractivity contribution in [3.63, 3.8) is 0 Å². The van der Waals surface area contributed by atoms with E-state index in [0.29, 0.717) is 19.5 Å². The molecule has 0 bridgehead atoms. The second-order valence-electron chi connectivity index (χ2n) is 6.25. The lowest BCUT2D eigenvalue weighted by Gasteiger charge is -2.30. The Morgan fingerprint density at radius 2 is 2.00 bits per heavy atom. The number of aromatic nitrogens is 1. The van der Waals surface area contributed by atoms with E-state index in [0.717, 1.165) is 22.9 Å². The fraction of sp³-hybridized carbons (Fsp3) is 0.353. The lowest BCUT2D eigenvalue weighted by molar-refractivity contribution is -0.134. The molecule has 2 aliphatic rings. The van der Waals surface area contributed by atoms with Gasteiger partial charge in [0, 0.05) is 48.1 Å². The summed E-state index contributed by atoms with van der Waals surface area (Å²) in [5.41, 5.74) is 3.38. The molecule has 4 amide bonds. The third kappa shape index (κ3) is 2.51. The number of H-pyrrole nitrogens is 1. The van der Waals surface area contributed by atoms with Crippen molar-refractivity contribution in [1.29, 1.82) is 0 Å². The number of benzene rings is 1. The Kier molecular flexibility index (Phi) is 3.48. The van der Waals surface area contributed by atoms with Gasteiger partial charge in [0.1, 0.15) is 6.04 Å². The molecule has 1 atom stereocenters. The van der Waals surface area contributed by atoms with E-state index in [-0.39, 0.29) is 18.2 Å². The molecule has 0 saturated carbocycles. The van der Waals surface area contributed by atoms with Crippen molar-refractivity contribution < 1.29 is 14.4 Å². The zero-order valence-electron chi connectivity index (χ0n) is 13.1. The summed E-state index contributed by atoms with van der Waals surface area (Å²) in [6.45, 7) is 1.12. The van der Waals surface area contributed by atoms with Crippen LogP contribution in [-0.4, -0.2) is 40.3 Å². The fourth-order valence-corrected chi connectivity index (χ4v) is 3.49. The number of aromatic amines is 1. The summed E-state index contributed by atoms with van der Waals surface area (Å²) in [5, 5.41) is 5.92. The first-order valence-electron chi connectivity index (χ1n) is 8.09.